The first-order chi connectivity index (χ1) is 13.2. The summed E-state index contributed by atoms with van der Waals surface area (Å²) in [6, 6.07) is 27.8. The Morgan fingerprint density at radius 1 is 0.852 bits per heavy atom. The van der Waals surface area contributed by atoms with Crippen LogP contribution in [0.15, 0.2) is 91.0 Å². The molecule has 0 saturated carbocycles. The van der Waals surface area contributed by atoms with Crippen molar-refractivity contribution in [3.63, 3.8) is 0 Å². The van der Waals surface area contributed by atoms with Crippen molar-refractivity contribution in [2.45, 2.75) is 24.6 Å². The van der Waals surface area contributed by atoms with Crippen molar-refractivity contribution < 1.29 is 9.76 Å². The van der Waals surface area contributed by atoms with Crippen LogP contribution >= 0.6 is 0 Å². The zero-order valence-corrected chi connectivity index (χ0v) is 14.9. The number of hydroxylamine groups is 1. The summed E-state index contributed by atoms with van der Waals surface area (Å²) in [5.74, 6) is 0. The first-order valence-electron chi connectivity index (χ1n) is 8.92. The van der Waals surface area contributed by atoms with Gasteiger partial charge in [-0.15, -0.1) is 0 Å². The molecule has 0 aromatic heterocycles. The maximum absolute atomic E-state index is 12.3. The second-order valence-corrected chi connectivity index (χ2v) is 6.67. The maximum atomic E-state index is 12.3. The van der Waals surface area contributed by atoms with Crippen LogP contribution in [0, 0.1) is 10.1 Å². The summed E-state index contributed by atoms with van der Waals surface area (Å²) >= 11 is 0. The number of benzene rings is 3. The van der Waals surface area contributed by atoms with E-state index in [9.17, 15) is 10.1 Å². The van der Waals surface area contributed by atoms with Gasteiger partial charge >= 0.3 is 0 Å². The first-order valence-corrected chi connectivity index (χ1v) is 8.92. The largest absolute Gasteiger partial charge is 0.274 e. The molecule has 0 amide bonds. The third-order valence-corrected chi connectivity index (χ3v) is 5.11. The molecule has 0 N–H and O–H groups in total. The van der Waals surface area contributed by atoms with Gasteiger partial charge in [-0.25, -0.2) is 5.06 Å². The molecule has 3 aromatic rings. The summed E-state index contributed by atoms with van der Waals surface area (Å²) in [7, 11) is 0. The van der Waals surface area contributed by atoms with Gasteiger partial charge in [0.1, 0.15) is 0 Å². The molecule has 1 fully saturated rings. The lowest BCUT2D eigenvalue weighted by Crippen LogP contribution is -2.52. The number of nitrogens with zero attached hydrogens (tertiary/aromatic N) is 2. The van der Waals surface area contributed by atoms with E-state index in [-0.39, 0.29) is 4.92 Å². The topological polar surface area (TPSA) is 55.6 Å². The fraction of sp³-hybridized carbons (Fsp3) is 0.182. The Labute approximate surface area is 157 Å². The smallest absolute Gasteiger partial charge is 0.264 e. The van der Waals surface area contributed by atoms with Gasteiger partial charge in [-0.2, -0.15) is 0 Å². The Kier molecular flexibility index (Phi) is 4.38. The first kappa shape index (κ1) is 17.2. The number of nitro groups is 1. The number of hydrogen-bond acceptors (Lipinski definition) is 4. The zero-order chi connectivity index (χ0) is 18.9. The van der Waals surface area contributed by atoms with Crippen molar-refractivity contribution in [3.8, 4) is 0 Å². The van der Waals surface area contributed by atoms with Crippen LogP contribution in [0.5, 0.6) is 0 Å². The Balaban J connectivity index is 2.06. The minimum Gasteiger partial charge on any atom is -0.264 e. The molecule has 2 atom stereocenters. The molecular formula is C22H20N2O3. The average molecular weight is 360 g/mol. The van der Waals surface area contributed by atoms with Gasteiger partial charge in [0, 0.05) is 4.92 Å². The highest BCUT2D eigenvalue weighted by molar-refractivity contribution is 5.57. The molecule has 0 spiro atoms. The summed E-state index contributed by atoms with van der Waals surface area (Å²) in [5.41, 5.74) is 1.35. The van der Waals surface area contributed by atoms with E-state index in [1.165, 1.54) is 0 Å². The van der Waals surface area contributed by atoms with E-state index in [0.29, 0.717) is 0 Å². The van der Waals surface area contributed by atoms with Gasteiger partial charge in [-0.3, -0.25) is 15.0 Å². The highest BCUT2D eigenvalue weighted by Crippen LogP contribution is 2.49. The van der Waals surface area contributed by atoms with E-state index in [1.807, 2.05) is 91.0 Å². The molecule has 1 saturated heterocycles. The van der Waals surface area contributed by atoms with E-state index in [0.717, 1.165) is 16.8 Å². The monoisotopic (exact) mass is 360 g/mol. The third-order valence-electron chi connectivity index (χ3n) is 5.11. The summed E-state index contributed by atoms with van der Waals surface area (Å²) in [5, 5.41) is 14.0. The van der Waals surface area contributed by atoms with Crippen LogP contribution in [0.3, 0.4) is 0 Å². The molecule has 0 aliphatic carbocycles. The average Bonchev–Trinajstić information content (AvgIpc) is 3.04. The number of hydrogen-bond donors (Lipinski definition) is 0. The molecule has 3 aromatic carbocycles. The lowest BCUT2D eigenvalue weighted by atomic mass is 9.75. The Morgan fingerprint density at radius 3 is 1.74 bits per heavy atom. The SMILES string of the molecule is CC1ON(c2ccccc2)C(c2ccccc2)(c2ccccc2)C1[N+](=O)[O-]. The zero-order valence-electron chi connectivity index (χ0n) is 14.9. The van der Waals surface area contributed by atoms with E-state index in [4.69, 9.17) is 4.84 Å². The van der Waals surface area contributed by atoms with Crippen LogP contribution in [0.1, 0.15) is 18.1 Å². The summed E-state index contributed by atoms with van der Waals surface area (Å²) in [6.07, 6.45) is -0.597. The van der Waals surface area contributed by atoms with Crippen molar-refractivity contribution in [1.82, 2.24) is 0 Å². The lowest BCUT2D eigenvalue weighted by molar-refractivity contribution is -0.534. The predicted octanol–water partition coefficient (Wildman–Crippen LogP) is 4.42. The standard InChI is InChI=1S/C22H20N2O3/c1-17-21(24(25)26)22(18-11-5-2-6-12-18,19-13-7-3-8-14-19)23(27-17)20-15-9-4-10-16-20/h2-17,21H,1H3. The fourth-order valence-electron chi connectivity index (χ4n) is 4.05. The highest BCUT2D eigenvalue weighted by Gasteiger charge is 2.63. The van der Waals surface area contributed by atoms with Crippen LogP contribution in [0.4, 0.5) is 5.69 Å². The normalized spacial score (nSPS) is 21.1. The number of para-hydroxylation sites is 1. The van der Waals surface area contributed by atoms with E-state index in [2.05, 4.69) is 0 Å². The van der Waals surface area contributed by atoms with Gasteiger partial charge in [-0.05, 0) is 30.2 Å². The molecule has 1 heterocycles. The molecule has 0 radical (unpaired) electrons. The lowest BCUT2D eigenvalue weighted by Gasteiger charge is -2.38. The fourth-order valence-corrected chi connectivity index (χ4v) is 4.05. The van der Waals surface area contributed by atoms with Crippen LogP contribution in [0.2, 0.25) is 0 Å². The van der Waals surface area contributed by atoms with Gasteiger partial charge in [0.25, 0.3) is 6.04 Å². The molecule has 1 aliphatic heterocycles. The van der Waals surface area contributed by atoms with E-state index < -0.39 is 17.7 Å². The number of anilines is 1. The highest BCUT2D eigenvalue weighted by atomic mass is 16.7. The van der Waals surface area contributed by atoms with Crippen LogP contribution in [-0.2, 0) is 10.4 Å². The van der Waals surface area contributed by atoms with Crippen LogP contribution < -0.4 is 5.06 Å². The quantitative estimate of drug-likeness (QED) is 0.511. The molecule has 2 unspecified atom stereocenters. The van der Waals surface area contributed by atoms with Gasteiger partial charge in [-0.1, -0.05) is 78.9 Å². The predicted molar refractivity (Wildman–Crippen MR) is 104 cm³/mol. The van der Waals surface area contributed by atoms with E-state index in [1.54, 1.807) is 12.0 Å². The molecule has 5 heteroatoms. The summed E-state index contributed by atoms with van der Waals surface area (Å²) in [4.78, 5) is 18.2. The molecule has 4 rings (SSSR count). The van der Waals surface area contributed by atoms with Gasteiger partial charge in [0.05, 0.1) is 5.69 Å². The van der Waals surface area contributed by atoms with Gasteiger partial charge in [0.15, 0.2) is 11.6 Å². The maximum Gasteiger partial charge on any atom is 0.274 e. The van der Waals surface area contributed by atoms with Crippen molar-refractivity contribution in [2.24, 2.45) is 0 Å². The van der Waals surface area contributed by atoms with Crippen molar-refractivity contribution >= 4 is 5.69 Å². The minimum absolute atomic E-state index is 0.215. The molecular weight excluding hydrogens is 340 g/mol. The van der Waals surface area contributed by atoms with Gasteiger partial charge in [0.2, 0.25) is 0 Å². The van der Waals surface area contributed by atoms with Crippen LogP contribution in [-0.4, -0.2) is 17.1 Å². The molecule has 1 aliphatic rings. The molecule has 136 valence electrons. The molecule has 5 nitrogen and oxygen atoms in total. The van der Waals surface area contributed by atoms with Gasteiger partial charge < -0.3 is 0 Å². The van der Waals surface area contributed by atoms with E-state index >= 15 is 0 Å². The number of rotatable bonds is 4. The summed E-state index contributed by atoms with van der Waals surface area (Å²) < 4.78 is 0. The van der Waals surface area contributed by atoms with Crippen molar-refractivity contribution in [2.75, 3.05) is 5.06 Å². The molecule has 0 bridgehead atoms. The second-order valence-electron chi connectivity index (χ2n) is 6.67. The molecule has 27 heavy (non-hydrogen) atoms. The van der Waals surface area contributed by atoms with Crippen molar-refractivity contribution in [3.05, 3.63) is 112 Å². The van der Waals surface area contributed by atoms with Crippen molar-refractivity contribution in [1.29, 1.82) is 0 Å². The Morgan fingerprint density at radius 2 is 1.30 bits per heavy atom. The Hall–Kier alpha value is -3.18. The Bertz CT molecular complexity index is 877. The third kappa shape index (κ3) is 2.67. The summed E-state index contributed by atoms with van der Waals surface area (Å²) in [6.45, 7) is 1.76. The minimum atomic E-state index is -1.08. The second kappa shape index (κ2) is 6.85. The van der Waals surface area contributed by atoms with Crippen LogP contribution in [0.25, 0.3) is 0 Å².